The molecule has 50 heavy (non-hydrogen) atoms. The lowest BCUT2D eigenvalue weighted by Crippen LogP contribution is -2.58. The van der Waals surface area contributed by atoms with Crippen molar-refractivity contribution in [1.29, 1.82) is 0 Å². The second-order valence-electron chi connectivity index (χ2n) is 14.3. The predicted octanol–water partition coefficient (Wildman–Crippen LogP) is 7.18. The zero-order valence-electron chi connectivity index (χ0n) is 26.8. The van der Waals surface area contributed by atoms with Gasteiger partial charge < -0.3 is 20.7 Å². The predicted molar refractivity (Wildman–Crippen MR) is 167 cm³/mol. The van der Waals surface area contributed by atoms with Gasteiger partial charge in [0, 0.05) is 54.3 Å². The van der Waals surface area contributed by atoms with Gasteiger partial charge in [0.05, 0.1) is 27.7 Å². The summed E-state index contributed by atoms with van der Waals surface area (Å²) in [6, 6.07) is -0.564. The lowest BCUT2D eigenvalue weighted by Gasteiger charge is -2.41. The number of aromatic nitrogens is 2. The van der Waals surface area contributed by atoms with Crippen LogP contribution in [0.4, 0.5) is 51.0 Å². The minimum absolute atomic E-state index is 0.0590. The fourth-order valence-corrected chi connectivity index (χ4v) is 9.25. The molecule has 4 saturated heterocycles. The number of aryl methyl sites for hydroxylation is 1. The summed E-state index contributed by atoms with van der Waals surface area (Å²) < 4.78 is 144. The first-order valence-corrected chi connectivity index (χ1v) is 16.5. The normalized spacial score (nSPS) is 28.0. The minimum atomic E-state index is -5.50. The summed E-state index contributed by atoms with van der Waals surface area (Å²) in [4.78, 5) is 12.5. The molecule has 5 atom stereocenters. The molecule has 5 aliphatic rings. The Balaban J connectivity index is 1.44. The molecule has 1 aromatic heterocycles. The van der Waals surface area contributed by atoms with Crippen molar-refractivity contribution in [2.45, 2.75) is 87.6 Å². The number of rotatable bonds is 4. The van der Waals surface area contributed by atoms with Crippen molar-refractivity contribution in [3.05, 3.63) is 46.5 Å². The van der Waals surface area contributed by atoms with Crippen LogP contribution in [0.15, 0.2) is 12.6 Å². The molecule has 0 saturated carbocycles. The molecule has 4 fully saturated rings. The number of fused-ring (bicyclic) bond motifs is 6. The molecule has 3 aromatic rings. The molecule has 0 spiro atoms. The molecular weight excluding hydrogens is 679 g/mol. The number of alkyl halides is 7. The van der Waals surface area contributed by atoms with Crippen LogP contribution in [-0.4, -0.2) is 70.9 Å². The van der Waals surface area contributed by atoms with Crippen molar-refractivity contribution in [2.24, 2.45) is 0 Å². The van der Waals surface area contributed by atoms with Crippen LogP contribution >= 0.6 is 0 Å². The molecule has 0 unspecified atom stereocenters. The zero-order valence-corrected chi connectivity index (χ0v) is 26.8. The van der Waals surface area contributed by atoms with E-state index >= 15 is 22.0 Å². The van der Waals surface area contributed by atoms with Crippen molar-refractivity contribution in [2.75, 3.05) is 36.9 Å². The molecule has 8 rings (SSSR count). The highest BCUT2D eigenvalue weighted by Gasteiger charge is 2.51. The Morgan fingerprint density at radius 2 is 1.74 bits per heavy atom. The number of nitrogens with one attached hydrogen (secondary N) is 1. The molecule has 0 amide bonds. The van der Waals surface area contributed by atoms with Crippen LogP contribution in [0.3, 0.4) is 0 Å². The number of benzene rings is 2. The smallest absolute Gasteiger partial charge is 0.417 e. The summed E-state index contributed by atoms with van der Waals surface area (Å²) in [5.41, 5.74) is -5.19. The van der Waals surface area contributed by atoms with Gasteiger partial charge in [-0.2, -0.15) is 36.3 Å². The maximum Gasteiger partial charge on any atom is 0.417 e. The van der Waals surface area contributed by atoms with E-state index in [1.807, 2.05) is 4.90 Å². The number of nitrogen functional groups attached to an aromatic ring is 1. The SMILES string of the molecule is C=C1C[C@@H]2[C@@H]3CC[C@H](CN2c2nc(OC[C@@]45CCCN4C[C@H](F)C5)nc4c(F)c(-c5c(F)c(N)cc(C)c5C(F)(F)F)c(C(F)(F)F)c1c24)N3. The highest BCUT2D eigenvalue weighted by atomic mass is 19.4. The van der Waals surface area contributed by atoms with Gasteiger partial charge in [-0.3, -0.25) is 4.90 Å². The van der Waals surface area contributed by atoms with Gasteiger partial charge in [-0.1, -0.05) is 6.58 Å². The Kier molecular flexibility index (Phi) is 7.41. The topological polar surface area (TPSA) is 79.5 Å². The van der Waals surface area contributed by atoms with E-state index in [4.69, 9.17) is 10.5 Å². The maximum atomic E-state index is 17.2. The van der Waals surface area contributed by atoms with Crippen LogP contribution in [0.5, 0.6) is 6.01 Å². The van der Waals surface area contributed by atoms with E-state index < -0.39 is 97.7 Å². The van der Waals surface area contributed by atoms with Crippen LogP contribution in [0.1, 0.15) is 60.8 Å². The largest absolute Gasteiger partial charge is 0.461 e. The summed E-state index contributed by atoms with van der Waals surface area (Å²) in [5.74, 6) is -3.78. The number of hydrogen-bond acceptors (Lipinski definition) is 7. The quantitative estimate of drug-likeness (QED) is 0.219. The van der Waals surface area contributed by atoms with E-state index in [0.717, 1.165) is 19.8 Å². The molecule has 16 heteroatoms. The second-order valence-corrected chi connectivity index (χ2v) is 14.3. The fraction of sp³-hybridized carbons (Fsp3) is 0.529. The van der Waals surface area contributed by atoms with Crippen molar-refractivity contribution in [3.8, 4) is 17.1 Å². The van der Waals surface area contributed by atoms with Gasteiger partial charge in [-0.15, -0.1) is 0 Å². The lowest BCUT2D eigenvalue weighted by molar-refractivity contribution is -0.139. The van der Waals surface area contributed by atoms with E-state index in [9.17, 15) is 17.6 Å². The first-order valence-electron chi connectivity index (χ1n) is 16.5. The average Bonchev–Trinajstić information content (AvgIpc) is 3.67. The van der Waals surface area contributed by atoms with Crippen LogP contribution in [0.2, 0.25) is 0 Å². The number of anilines is 2. The molecule has 2 bridgehead atoms. The van der Waals surface area contributed by atoms with Crippen molar-refractivity contribution >= 4 is 28.0 Å². The molecular formula is C34H33F9N6O. The van der Waals surface area contributed by atoms with Gasteiger partial charge in [-0.25, -0.2) is 13.2 Å². The van der Waals surface area contributed by atoms with Crippen molar-refractivity contribution < 1.29 is 44.3 Å². The molecule has 0 radical (unpaired) electrons. The zero-order chi connectivity index (χ0) is 35.7. The Morgan fingerprint density at radius 3 is 2.46 bits per heavy atom. The van der Waals surface area contributed by atoms with Gasteiger partial charge >= 0.3 is 18.4 Å². The number of hydrogen-bond donors (Lipinski definition) is 2. The Hall–Kier alpha value is -3.79. The second kappa shape index (κ2) is 11.1. The van der Waals surface area contributed by atoms with Crippen LogP contribution < -0.4 is 20.7 Å². The van der Waals surface area contributed by atoms with E-state index in [0.29, 0.717) is 25.5 Å². The molecule has 0 aliphatic carbocycles. The third kappa shape index (κ3) is 4.94. The molecule has 5 aliphatic heterocycles. The van der Waals surface area contributed by atoms with Crippen LogP contribution in [0.25, 0.3) is 27.6 Å². The molecule has 7 nitrogen and oxygen atoms in total. The van der Waals surface area contributed by atoms with Crippen molar-refractivity contribution in [3.63, 3.8) is 0 Å². The molecule has 268 valence electrons. The van der Waals surface area contributed by atoms with Crippen LogP contribution in [0, 0.1) is 18.6 Å². The maximum absolute atomic E-state index is 17.2. The Bertz CT molecular complexity index is 1950. The van der Waals surface area contributed by atoms with Gasteiger partial charge in [0.2, 0.25) is 0 Å². The van der Waals surface area contributed by atoms with Gasteiger partial charge in [0.15, 0.2) is 11.6 Å². The van der Waals surface area contributed by atoms with Gasteiger partial charge in [0.1, 0.15) is 24.1 Å². The third-order valence-electron chi connectivity index (χ3n) is 11.2. The average molecular weight is 713 g/mol. The van der Waals surface area contributed by atoms with E-state index in [1.54, 1.807) is 4.90 Å². The van der Waals surface area contributed by atoms with E-state index in [-0.39, 0.29) is 56.0 Å². The first-order chi connectivity index (χ1) is 23.5. The Labute approximate surface area is 280 Å². The number of halogens is 9. The molecule has 6 heterocycles. The summed E-state index contributed by atoms with van der Waals surface area (Å²) in [6.07, 6.45) is -9.08. The summed E-state index contributed by atoms with van der Waals surface area (Å²) in [7, 11) is 0. The molecule has 3 N–H and O–H groups in total. The lowest BCUT2D eigenvalue weighted by atomic mass is 9.83. The minimum Gasteiger partial charge on any atom is -0.461 e. The monoisotopic (exact) mass is 712 g/mol. The van der Waals surface area contributed by atoms with Gasteiger partial charge in [0.25, 0.3) is 0 Å². The standard InChI is InChI=1S/C34H33F9N6O/c1-14-9-20-19-5-4-17(45-19)12-49(20)30-24-21(14)26(34(41,42)43)23(22-25(33(38,39)40)15(2)8-18(44)27(22)36)28(37)29(24)46-31(47-30)50-13-32-6-3-7-48(32)11-16(35)10-32/h8,16-17,19-20,45H,1,3-7,9-13,44H2,2H3/t16-,17-,19+,20-,32+/m1/s1. The first kappa shape index (κ1) is 33.4. The van der Waals surface area contributed by atoms with Crippen molar-refractivity contribution in [1.82, 2.24) is 20.2 Å². The number of nitrogens with zero attached hydrogens (tertiary/aromatic N) is 4. The van der Waals surface area contributed by atoms with E-state index in [1.165, 1.54) is 0 Å². The fourth-order valence-electron chi connectivity index (χ4n) is 9.25. The third-order valence-corrected chi connectivity index (χ3v) is 11.2. The van der Waals surface area contributed by atoms with Gasteiger partial charge in [-0.05, 0) is 62.8 Å². The highest BCUT2D eigenvalue weighted by molar-refractivity contribution is 6.06. The molecule has 2 aromatic carbocycles. The Morgan fingerprint density at radius 1 is 1.02 bits per heavy atom. The van der Waals surface area contributed by atoms with E-state index in [2.05, 4.69) is 21.9 Å². The highest BCUT2D eigenvalue weighted by Crippen LogP contribution is 2.54. The number of nitrogens with two attached hydrogens (primary N) is 1. The summed E-state index contributed by atoms with van der Waals surface area (Å²) >= 11 is 0. The summed E-state index contributed by atoms with van der Waals surface area (Å²) in [6.45, 7) is 5.87. The number of ether oxygens (including phenoxy) is 1. The van der Waals surface area contributed by atoms with Crippen LogP contribution in [-0.2, 0) is 12.4 Å². The summed E-state index contributed by atoms with van der Waals surface area (Å²) in [5, 5.41) is 3.05. The number of piperazine rings is 1.